The second-order valence-electron chi connectivity index (χ2n) is 5.70. The molecule has 0 spiro atoms. The molecule has 108 valence electrons. The van der Waals surface area contributed by atoms with Crippen molar-refractivity contribution in [3.05, 3.63) is 29.8 Å². The Balaban J connectivity index is 1.77. The van der Waals surface area contributed by atoms with Crippen LogP contribution in [0.15, 0.2) is 24.3 Å². The third kappa shape index (κ3) is 2.40. The maximum atomic E-state index is 11.5. The zero-order valence-corrected chi connectivity index (χ0v) is 11.5. The summed E-state index contributed by atoms with van der Waals surface area (Å²) < 4.78 is 11.3. The van der Waals surface area contributed by atoms with Gasteiger partial charge >= 0.3 is 5.97 Å². The predicted molar refractivity (Wildman–Crippen MR) is 74.1 cm³/mol. The van der Waals surface area contributed by atoms with Crippen molar-refractivity contribution in [2.45, 2.75) is 43.6 Å². The molecule has 2 aliphatic rings. The SMILES string of the molecule is O=C(O)C1(c2cccc(OC3CCOCC3)c2)CCC1. The van der Waals surface area contributed by atoms with E-state index in [9.17, 15) is 9.90 Å². The standard InChI is InChI=1S/C16H20O4/c17-15(18)16(7-2-8-16)12-3-1-4-14(11-12)20-13-5-9-19-10-6-13/h1,3-4,11,13H,2,5-10H2,(H,17,18). The summed E-state index contributed by atoms with van der Waals surface area (Å²) in [5.41, 5.74) is 0.190. The number of hydrogen-bond donors (Lipinski definition) is 1. The topological polar surface area (TPSA) is 55.8 Å². The zero-order chi connectivity index (χ0) is 14.0. The smallest absolute Gasteiger partial charge is 0.314 e. The van der Waals surface area contributed by atoms with Crippen molar-refractivity contribution >= 4 is 5.97 Å². The number of rotatable bonds is 4. The molecule has 1 aromatic rings. The van der Waals surface area contributed by atoms with Crippen molar-refractivity contribution in [1.29, 1.82) is 0 Å². The van der Waals surface area contributed by atoms with E-state index in [4.69, 9.17) is 9.47 Å². The molecule has 1 aliphatic heterocycles. The minimum atomic E-state index is -0.716. The minimum absolute atomic E-state index is 0.182. The normalized spacial score (nSPS) is 22.0. The highest BCUT2D eigenvalue weighted by Crippen LogP contribution is 2.44. The molecule has 1 saturated heterocycles. The Bertz CT molecular complexity index is 487. The summed E-state index contributed by atoms with van der Waals surface area (Å²) in [7, 11) is 0. The second-order valence-corrected chi connectivity index (χ2v) is 5.70. The Labute approximate surface area is 118 Å². The number of carboxylic acid groups (broad SMARTS) is 1. The molecule has 0 aromatic heterocycles. The van der Waals surface area contributed by atoms with Crippen molar-refractivity contribution in [1.82, 2.24) is 0 Å². The van der Waals surface area contributed by atoms with Gasteiger partial charge in [0, 0.05) is 12.8 Å². The van der Waals surface area contributed by atoms with Crippen molar-refractivity contribution in [3.63, 3.8) is 0 Å². The Kier molecular flexibility index (Phi) is 3.66. The van der Waals surface area contributed by atoms with Crippen LogP contribution in [-0.4, -0.2) is 30.4 Å². The lowest BCUT2D eigenvalue weighted by molar-refractivity contribution is -0.147. The van der Waals surface area contributed by atoms with Crippen LogP contribution < -0.4 is 4.74 Å². The van der Waals surface area contributed by atoms with Gasteiger partial charge in [0.15, 0.2) is 0 Å². The first-order valence-electron chi connectivity index (χ1n) is 7.29. The Morgan fingerprint density at radius 2 is 2.05 bits per heavy atom. The quantitative estimate of drug-likeness (QED) is 0.918. The lowest BCUT2D eigenvalue weighted by Gasteiger charge is -2.38. The molecule has 0 bridgehead atoms. The van der Waals surface area contributed by atoms with Gasteiger partial charge in [0.1, 0.15) is 11.9 Å². The van der Waals surface area contributed by atoms with E-state index in [0.717, 1.165) is 56.6 Å². The van der Waals surface area contributed by atoms with Crippen LogP contribution in [-0.2, 0) is 14.9 Å². The summed E-state index contributed by atoms with van der Waals surface area (Å²) in [5, 5.41) is 9.49. The number of aliphatic carboxylic acids is 1. The Hall–Kier alpha value is -1.55. The fourth-order valence-electron chi connectivity index (χ4n) is 3.01. The molecule has 1 aromatic carbocycles. The van der Waals surface area contributed by atoms with E-state index in [1.54, 1.807) is 0 Å². The van der Waals surface area contributed by atoms with Crippen molar-refractivity contribution in [2.75, 3.05) is 13.2 Å². The molecule has 4 nitrogen and oxygen atoms in total. The molecule has 0 atom stereocenters. The summed E-state index contributed by atoms with van der Waals surface area (Å²) >= 11 is 0. The molecule has 0 amide bonds. The molecule has 1 aliphatic carbocycles. The van der Waals surface area contributed by atoms with Crippen molar-refractivity contribution in [3.8, 4) is 5.75 Å². The third-order valence-electron chi connectivity index (χ3n) is 4.47. The van der Waals surface area contributed by atoms with Crippen LogP contribution in [0.4, 0.5) is 0 Å². The number of ether oxygens (including phenoxy) is 2. The van der Waals surface area contributed by atoms with E-state index < -0.39 is 11.4 Å². The van der Waals surface area contributed by atoms with Gasteiger partial charge in [-0.3, -0.25) is 4.79 Å². The summed E-state index contributed by atoms with van der Waals surface area (Å²) in [4.78, 5) is 11.5. The van der Waals surface area contributed by atoms with Crippen LogP contribution >= 0.6 is 0 Å². The van der Waals surface area contributed by atoms with Gasteiger partial charge in [-0.15, -0.1) is 0 Å². The maximum Gasteiger partial charge on any atom is 0.314 e. The second kappa shape index (κ2) is 5.44. The fraction of sp³-hybridized carbons (Fsp3) is 0.562. The van der Waals surface area contributed by atoms with Gasteiger partial charge in [0.25, 0.3) is 0 Å². The summed E-state index contributed by atoms with van der Waals surface area (Å²) in [6, 6.07) is 7.62. The molecule has 1 N–H and O–H groups in total. The molecule has 3 rings (SSSR count). The molecule has 1 saturated carbocycles. The summed E-state index contributed by atoms with van der Waals surface area (Å²) in [6.45, 7) is 1.48. The largest absolute Gasteiger partial charge is 0.490 e. The van der Waals surface area contributed by atoms with Crippen LogP contribution in [0.25, 0.3) is 0 Å². The molecule has 20 heavy (non-hydrogen) atoms. The number of hydrogen-bond acceptors (Lipinski definition) is 3. The van der Waals surface area contributed by atoms with E-state index in [2.05, 4.69) is 0 Å². The molecular formula is C16H20O4. The third-order valence-corrected chi connectivity index (χ3v) is 4.47. The first-order chi connectivity index (χ1) is 9.71. The first kappa shape index (κ1) is 13.4. The molecule has 1 heterocycles. The Morgan fingerprint density at radius 1 is 1.30 bits per heavy atom. The molecule has 0 radical (unpaired) electrons. The lowest BCUT2D eigenvalue weighted by Crippen LogP contribution is -2.42. The van der Waals surface area contributed by atoms with E-state index in [0.29, 0.717) is 0 Å². The van der Waals surface area contributed by atoms with Crippen LogP contribution in [0, 0.1) is 0 Å². The number of benzene rings is 1. The van der Waals surface area contributed by atoms with E-state index in [1.807, 2.05) is 24.3 Å². The highest BCUT2D eigenvalue weighted by atomic mass is 16.5. The maximum absolute atomic E-state index is 11.5. The van der Waals surface area contributed by atoms with Gasteiger partial charge in [0.05, 0.1) is 18.6 Å². The van der Waals surface area contributed by atoms with Crippen LogP contribution in [0.5, 0.6) is 5.75 Å². The van der Waals surface area contributed by atoms with Crippen LogP contribution in [0.1, 0.15) is 37.7 Å². The highest BCUT2D eigenvalue weighted by Gasteiger charge is 2.46. The summed E-state index contributed by atoms with van der Waals surface area (Å²) in [6.07, 6.45) is 4.41. The highest BCUT2D eigenvalue weighted by molar-refractivity contribution is 5.82. The molecule has 0 unspecified atom stereocenters. The van der Waals surface area contributed by atoms with E-state index in [1.165, 1.54) is 0 Å². The van der Waals surface area contributed by atoms with Crippen molar-refractivity contribution < 1.29 is 19.4 Å². The van der Waals surface area contributed by atoms with Gasteiger partial charge in [-0.2, -0.15) is 0 Å². The summed E-state index contributed by atoms with van der Waals surface area (Å²) in [5.74, 6) is 0.0638. The number of carbonyl (C=O) groups is 1. The molecule has 4 heteroatoms. The van der Waals surface area contributed by atoms with Crippen LogP contribution in [0.2, 0.25) is 0 Å². The molecule has 2 fully saturated rings. The lowest BCUT2D eigenvalue weighted by atomic mass is 9.64. The fourth-order valence-corrected chi connectivity index (χ4v) is 3.01. The van der Waals surface area contributed by atoms with Gasteiger partial charge in [-0.25, -0.2) is 0 Å². The Morgan fingerprint density at radius 3 is 2.65 bits per heavy atom. The van der Waals surface area contributed by atoms with E-state index >= 15 is 0 Å². The van der Waals surface area contributed by atoms with Gasteiger partial charge in [-0.1, -0.05) is 18.6 Å². The van der Waals surface area contributed by atoms with Gasteiger partial charge < -0.3 is 14.6 Å². The van der Waals surface area contributed by atoms with Gasteiger partial charge in [-0.05, 0) is 30.5 Å². The monoisotopic (exact) mass is 276 g/mol. The van der Waals surface area contributed by atoms with Crippen molar-refractivity contribution in [2.24, 2.45) is 0 Å². The average molecular weight is 276 g/mol. The predicted octanol–water partition coefficient (Wildman–Crippen LogP) is 2.75. The van der Waals surface area contributed by atoms with Crippen LogP contribution in [0.3, 0.4) is 0 Å². The molecular weight excluding hydrogens is 256 g/mol. The van der Waals surface area contributed by atoms with E-state index in [-0.39, 0.29) is 6.10 Å². The first-order valence-corrected chi connectivity index (χ1v) is 7.29. The van der Waals surface area contributed by atoms with Gasteiger partial charge in [0.2, 0.25) is 0 Å². The zero-order valence-electron chi connectivity index (χ0n) is 11.5. The number of carboxylic acids is 1. The average Bonchev–Trinajstić information content (AvgIpc) is 2.38. The minimum Gasteiger partial charge on any atom is -0.490 e.